The van der Waals surface area contributed by atoms with Gasteiger partial charge in [-0.1, -0.05) is 38.1 Å². The first-order valence-corrected chi connectivity index (χ1v) is 9.43. The molecule has 2 rings (SSSR count). The van der Waals surface area contributed by atoms with Crippen LogP contribution in [0.3, 0.4) is 0 Å². The molecule has 0 aliphatic heterocycles. The molecular formula is C22H28N2O4. The number of nitrogens with one attached hydrogen (secondary N) is 2. The fourth-order valence-electron chi connectivity index (χ4n) is 2.49. The summed E-state index contributed by atoms with van der Waals surface area (Å²) in [5.41, 5.74) is 6.93. The molecule has 2 aromatic carbocycles. The van der Waals surface area contributed by atoms with E-state index >= 15 is 0 Å². The first-order valence-electron chi connectivity index (χ1n) is 9.43. The SMILES string of the molecule is CCC(C)c1ccc(OCC(=O)NNC(=O)C(C)Oc2cccc(C)c2)cc1. The van der Waals surface area contributed by atoms with Gasteiger partial charge in [0.1, 0.15) is 11.5 Å². The maximum atomic E-state index is 12.0. The topological polar surface area (TPSA) is 76.7 Å². The van der Waals surface area contributed by atoms with Crippen LogP contribution in [0.5, 0.6) is 11.5 Å². The number of benzene rings is 2. The Labute approximate surface area is 166 Å². The lowest BCUT2D eigenvalue weighted by molar-refractivity contribution is -0.133. The standard InChI is InChI=1S/C22H28N2O4/c1-5-16(3)18-9-11-19(12-10-18)27-14-21(25)23-24-22(26)17(4)28-20-8-6-7-15(2)13-20/h6-13,16-17H,5,14H2,1-4H3,(H,23,25)(H,24,26). The molecule has 2 amide bonds. The first kappa shape index (κ1) is 21.3. The van der Waals surface area contributed by atoms with Crippen LogP contribution in [-0.2, 0) is 9.59 Å². The maximum absolute atomic E-state index is 12.0. The summed E-state index contributed by atoms with van der Waals surface area (Å²) in [5.74, 6) is 0.772. The van der Waals surface area contributed by atoms with Crippen molar-refractivity contribution < 1.29 is 19.1 Å². The highest BCUT2D eigenvalue weighted by molar-refractivity contribution is 5.85. The molecule has 2 N–H and O–H groups in total. The van der Waals surface area contributed by atoms with Crippen LogP contribution in [0, 0.1) is 6.92 Å². The van der Waals surface area contributed by atoms with Gasteiger partial charge < -0.3 is 9.47 Å². The summed E-state index contributed by atoms with van der Waals surface area (Å²) in [7, 11) is 0. The highest BCUT2D eigenvalue weighted by Gasteiger charge is 2.15. The molecule has 6 nitrogen and oxygen atoms in total. The Bertz CT molecular complexity index is 789. The summed E-state index contributed by atoms with van der Waals surface area (Å²) < 4.78 is 11.0. The molecule has 0 fully saturated rings. The van der Waals surface area contributed by atoms with Crippen molar-refractivity contribution in [1.82, 2.24) is 10.9 Å². The summed E-state index contributed by atoms with van der Waals surface area (Å²) in [6, 6.07) is 15.1. The zero-order chi connectivity index (χ0) is 20.5. The molecule has 2 unspecified atom stereocenters. The van der Waals surface area contributed by atoms with Crippen LogP contribution in [0.25, 0.3) is 0 Å². The monoisotopic (exact) mass is 384 g/mol. The molecule has 0 heterocycles. The molecule has 0 saturated carbocycles. The van der Waals surface area contributed by atoms with Crippen LogP contribution in [0.2, 0.25) is 0 Å². The highest BCUT2D eigenvalue weighted by atomic mass is 16.5. The molecular weight excluding hydrogens is 356 g/mol. The quantitative estimate of drug-likeness (QED) is 0.683. The molecule has 150 valence electrons. The van der Waals surface area contributed by atoms with Gasteiger partial charge in [0, 0.05) is 0 Å². The largest absolute Gasteiger partial charge is 0.484 e. The van der Waals surface area contributed by atoms with E-state index in [9.17, 15) is 9.59 Å². The number of carbonyl (C=O) groups excluding carboxylic acids is 2. The second-order valence-corrected chi connectivity index (χ2v) is 6.78. The van der Waals surface area contributed by atoms with E-state index in [1.54, 1.807) is 13.0 Å². The number of hydrogen-bond acceptors (Lipinski definition) is 4. The summed E-state index contributed by atoms with van der Waals surface area (Å²) in [5, 5.41) is 0. The van der Waals surface area contributed by atoms with E-state index in [-0.39, 0.29) is 6.61 Å². The second-order valence-electron chi connectivity index (χ2n) is 6.78. The molecule has 0 aliphatic rings. The molecule has 0 spiro atoms. The normalized spacial score (nSPS) is 12.6. The van der Waals surface area contributed by atoms with Crippen molar-refractivity contribution in [3.63, 3.8) is 0 Å². The van der Waals surface area contributed by atoms with Gasteiger partial charge in [-0.05, 0) is 61.6 Å². The van der Waals surface area contributed by atoms with E-state index in [2.05, 4.69) is 24.7 Å². The Morgan fingerprint density at radius 2 is 1.71 bits per heavy atom. The Hall–Kier alpha value is -3.02. The van der Waals surface area contributed by atoms with Crippen molar-refractivity contribution in [3.8, 4) is 11.5 Å². The fraction of sp³-hybridized carbons (Fsp3) is 0.364. The van der Waals surface area contributed by atoms with Gasteiger partial charge in [-0.15, -0.1) is 0 Å². The Morgan fingerprint density at radius 1 is 1.00 bits per heavy atom. The lowest BCUT2D eigenvalue weighted by Crippen LogP contribution is -2.48. The first-order chi connectivity index (χ1) is 13.4. The van der Waals surface area contributed by atoms with Gasteiger partial charge in [0.15, 0.2) is 12.7 Å². The van der Waals surface area contributed by atoms with Crippen LogP contribution in [0.1, 0.15) is 44.2 Å². The summed E-state index contributed by atoms with van der Waals surface area (Å²) >= 11 is 0. The number of carbonyl (C=O) groups is 2. The van der Waals surface area contributed by atoms with E-state index < -0.39 is 17.9 Å². The van der Waals surface area contributed by atoms with Crippen LogP contribution >= 0.6 is 0 Å². The molecule has 0 radical (unpaired) electrons. The molecule has 6 heteroatoms. The zero-order valence-corrected chi connectivity index (χ0v) is 16.8. The number of hydrazine groups is 1. The van der Waals surface area contributed by atoms with Gasteiger partial charge in [0.2, 0.25) is 0 Å². The average molecular weight is 384 g/mol. The second kappa shape index (κ2) is 10.3. The van der Waals surface area contributed by atoms with Crippen molar-refractivity contribution in [2.24, 2.45) is 0 Å². The Kier molecular flexibility index (Phi) is 7.87. The van der Waals surface area contributed by atoms with E-state index in [0.29, 0.717) is 17.4 Å². The number of aryl methyl sites for hydroxylation is 1. The van der Waals surface area contributed by atoms with Crippen molar-refractivity contribution in [2.75, 3.05) is 6.61 Å². The third-order valence-corrected chi connectivity index (χ3v) is 4.43. The van der Waals surface area contributed by atoms with Crippen LogP contribution < -0.4 is 20.3 Å². The van der Waals surface area contributed by atoms with Gasteiger partial charge in [-0.3, -0.25) is 20.4 Å². The van der Waals surface area contributed by atoms with E-state index in [0.717, 1.165) is 12.0 Å². The summed E-state index contributed by atoms with van der Waals surface area (Å²) in [4.78, 5) is 23.9. The van der Waals surface area contributed by atoms with Gasteiger partial charge in [-0.25, -0.2) is 0 Å². The number of hydrogen-bond donors (Lipinski definition) is 2. The van der Waals surface area contributed by atoms with Crippen LogP contribution in [-0.4, -0.2) is 24.5 Å². The number of ether oxygens (including phenoxy) is 2. The van der Waals surface area contributed by atoms with Gasteiger partial charge in [-0.2, -0.15) is 0 Å². The number of amides is 2. The number of rotatable bonds is 8. The minimum Gasteiger partial charge on any atom is -0.484 e. The smallest absolute Gasteiger partial charge is 0.279 e. The molecule has 0 bridgehead atoms. The third kappa shape index (κ3) is 6.61. The van der Waals surface area contributed by atoms with Gasteiger partial charge >= 0.3 is 0 Å². The van der Waals surface area contributed by atoms with Crippen molar-refractivity contribution in [1.29, 1.82) is 0 Å². The maximum Gasteiger partial charge on any atom is 0.279 e. The molecule has 0 aliphatic carbocycles. The summed E-state index contributed by atoms with van der Waals surface area (Å²) in [6.07, 6.45) is 0.310. The van der Waals surface area contributed by atoms with Crippen LogP contribution in [0.15, 0.2) is 48.5 Å². The molecule has 2 aromatic rings. The highest BCUT2D eigenvalue weighted by Crippen LogP contribution is 2.21. The Morgan fingerprint density at radius 3 is 2.36 bits per heavy atom. The van der Waals surface area contributed by atoms with E-state index in [4.69, 9.17) is 9.47 Å². The minimum atomic E-state index is -0.754. The van der Waals surface area contributed by atoms with Crippen LogP contribution in [0.4, 0.5) is 0 Å². The molecule has 0 saturated heterocycles. The molecule has 28 heavy (non-hydrogen) atoms. The van der Waals surface area contributed by atoms with Crippen molar-refractivity contribution in [3.05, 3.63) is 59.7 Å². The lowest BCUT2D eigenvalue weighted by Gasteiger charge is -2.15. The van der Waals surface area contributed by atoms with Gasteiger partial charge in [0.05, 0.1) is 0 Å². The predicted octanol–water partition coefficient (Wildman–Crippen LogP) is 3.50. The minimum absolute atomic E-state index is 0.198. The average Bonchev–Trinajstić information content (AvgIpc) is 2.70. The van der Waals surface area contributed by atoms with Crippen molar-refractivity contribution >= 4 is 11.8 Å². The van der Waals surface area contributed by atoms with E-state index in [1.165, 1.54) is 5.56 Å². The molecule has 0 aromatic heterocycles. The molecule has 2 atom stereocenters. The van der Waals surface area contributed by atoms with Gasteiger partial charge in [0.25, 0.3) is 11.8 Å². The zero-order valence-electron chi connectivity index (χ0n) is 16.8. The van der Waals surface area contributed by atoms with Crippen molar-refractivity contribution in [2.45, 2.75) is 46.1 Å². The lowest BCUT2D eigenvalue weighted by atomic mass is 9.99. The Balaban J connectivity index is 1.73. The fourth-order valence-corrected chi connectivity index (χ4v) is 2.49. The van der Waals surface area contributed by atoms with E-state index in [1.807, 2.05) is 49.4 Å². The predicted molar refractivity (Wildman–Crippen MR) is 108 cm³/mol. The summed E-state index contributed by atoms with van der Waals surface area (Å²) in [6.45, 7) is 7.65. The third-order valence-electron chi connectivity index (χ3n) is 4.43.